The smallest absolute Gasteiger partial charge is 0.129 e. The second kappa shape index (κ2) is 6.32. The summed E-state index contributed by atoms with van der Waals surface area (Å²) in [4.78, 5) is 13.1. The van der Waals surface area contributed by atoms with Crippen LogP contribution in [0.4, 0.5) is 11.5 Å². The summed E-state index contributed by atoms with van der Waals surface area (Å²) in [6, 6.07) is 13.3. The molecule has 4 heterocycles. The second-order valence-corrected chi connectivity index (χ2v) is 7.29. The number of fused-ring (bicyclic) bond motifs is 3. The summed E-state index contributed by atoms with van der Waals surface area (Å²) in [5.41, 5.74) is 5.25. The molecule has 1 saturated heterocycles. The molecule has 2 aliphatic heterocycles. The van der Waals surface area contributed by atoms with Crippen LogP contribution in [0.5, 0.6) is 0 Å². The summed E-state index contributed by atoms with van der Waals surface area (Å²) in [7, 11) is 0. The van der Waals surface area contributed by atoms with E-state index in [1.807, 2.05) is 6.20 Å². The third-order valence-corrected chi connectivity index (χ3v) is 5.64. The van der Waals surface area contributed by atoms with Crippen LogP contribution in [0.3, 0.4) is 0 Å². The number of anilines is 2. The molecule has 0 unspecified atom stereocenters. The summed E-state index contributed by atoms with van der Waals surface area (Å²) in [5, 5.41) is 1.37. The highest BCUT2D eigenvalue weighted by Gasteiger charge is 2.22. The van der Waals surface area contributed by atoms with Crippen molar-refractivity contribution in [3.63, 3.8) is 0 Å². The number of nitrogens with zero attached hydrogens (tertiary/aromatic N) is 3. The first-order valence-electron chi connectivity index (χ1n) is 9.43. The van der Waals surface area contributed by atoms with Gasteiger partial charge in [0.05, 0.1) is 37.7 Å². The topological polar surface area (TPSA) is 44.4 Å². The van der Waals surface area contributed by atoms with Gasteiger partial charge in [-0.1, -0.05) is 18.2 Å². The third-order valence-electron chi connectivity index (χ3n) is 5.64. The van der Waals surface area contributed by atoms with Crippen LogP contribution >= 0.6 is 0 Å². The fourth-order valence-corrected chi connectivity index (χ4v) is 4.22. The highest BCUT2D eigenvalue weighted by Crippen LogP contribution is 2.30. The van der Waals surface area contributed by atoms with Crippen molar-refractivity contribution in [3.05, 3.63) is 53.9 Å². The zero-order chi connectivity index (χ0) is 17.5. The highest BCUT2D eigenvalue weighted by atomic mass is 16.5. The average molecular weight is 348 g/mol. The van der Waals surface area contributed by atoms with Gasteiger partial charge in [0.15, 0.2) is 0 Å². The SMILES string of the molecule is C[C@@H]1COCCN1c1ccc(N2CCc3c([nH]c4ccccc34)C2)cn1. The number of hydrogen-bond donors (Lipinski definition) is 1. The minimum atomic E-state index is 0.381. The van der Waals surface area contributed by atoms with Crippen molar-refractivity contribution in [3.8, 4) is 0 Å². The number of benzene rings is 1. The molecule has 2 aromatic heterocycles. The average Bonchev–Trinajstić information content (AvgIpc) is 3.06. The number of ether oxygens (including phenoxy) is 1. The van der Waals surface area contributed by atoms with Crippen molar-refractivity contribution >= 4 is 22.4 Å². The molecule has 26 heavy (non-hydrogen) atoms. The van der Waals surface area contributed by atoms with Gasteiger partial charge in [-0.05, 0) is 37.1 Å². The van der Waals surface area contributed by atoms with Gasteiger partial charge in [-0.15, -0.1) is 0 Å². The quantitative estimate of drug-likeness (QED) is 0.771. The standard InChI is InChI=1S/C21H24N4O/c1-15-14-26-11-10-25(15)21-7-6-16(12-22-21)24-9-8-18-17-4-2-3-5-19(17)23-20(18)13-24/h2-7,12,15,23H,8-11,13-14H2,1H3/t15-/m1/s1. The molecule has 1 N–H and O–H groups in total. The Morgan fingerprint density at radius 1 is 1.15 bits per heavy atom. The Kier molecular flexibility index (Phi) is 3.82. The lowest BCUT2D eigenvalue weighted by atomic mass is 10.0. The summed E-state index contributed by atoms with van der Waals surface area (Å²) in [6.45, 7) is 6.61. The molecule has 0 spiro atoms. The van der Waals surface area contributed by atoms with E-state index in [1.165, 1.54) is 27.8 Å². The zero-order valence-corrected chi connectivity index (χ0v) is 15.1. The zero-order valence-electron chi connectivity index (χ0n) is 15.1. The summed E-state index contributed by atoms with van der Waals surface area (Å²) >= 11 is 0. The van der Waals surface area contributed by atoms with Crippen LogP contribution in [0, 0.1) is 0 Å². The summed E-state index contributed by atoms with van der Waals surface area (Å²) in [6.07, 6.45) is 3.09. The normalized spacial score (nSPS) is 20.4. The molecule has 1 atom stereocenters. The highest BCUT2D eigenvalue weighted by molar-refractivity contribution is 5.85. The molecule has 134 valence electrons. The fourth-order valence-electron chi connectivity index (χ4n) is 4.22. The van der Waals surface area contributed by atoms with Crippen molar-refractivity contribution in [2.75, 3.05) is 36.1 Å². The molecular weight excluding hydrogens is 324 g/mol. The van der Waals surface area contributed by atoms with Gasteiger partial charge in [-0.2, -0.15) is 0 Å². The number of para-hydroxylation sites is 1. The number of H-pyrrole nitrogens is 1. The van der Waals surface area contributed by atoms with Crippen LogP contribution in [0.2, 0.25) is 0 Å². The monoisotopic (exact) mass is 348 g/mol. The molecule has 0 radical (unpaired) electrons. The molecule has 0 aliphatic carbocycles. The van der Waals surface area contributed by atoms with Gasteiger partial charge in [0, 0.05) is 29.7 Å². The Morgan fingerprint density at radius 2 is 2.08 bits per heavy atom. The van der Waals surface area contributed by atoms with Crippen molar-refractivity contribution in [2.45, 2.75) is 25.9 Å². The molecular formula is C21H24N4O. The number of aromatic amines is 1. The Hall–Kier alpha value is -2.53. The first-order valence-corrected chi connectivity index (χ1v) is 9.43. The lowest BCUT2D eigenvalue weighted by Crippen LogP contribution is -2.44. The Labute approximate surface area is 153 Å². The number of nitrogens with one attached hydrogen (secondary N) is 1. The lowest BCUT2D eigenvalue weighted by molar-refractivity contribution is 0.0985. The number of hydrogen-bond acceptors (Lipinski definition) is 4. The lowest BCUT2D eigenvalue weighted by Gasteiger charge is -2.34. The van der Waals surface area contributed by atoms with Gasteiger partial charge in [-0.25, -0.2) is 4.98 Å². The van der Waals surface area contributed by atoms with E-state index in [0.717, 1.165) is 45.1 Å². The van der Waals surface area contributed by atoms with E-state index in [4.69, 9.17) is 9.72 Å². The number of pyridine rings is 1. The van der Waals surface area contributed by atoms with Gasteiger partial charge in [-0.3, -0.25) is 0 Å². The largest absolute Gasteiger partial charge is 0.377 e. The van der Waals surface area contributed by atoms with E-state index in [0.29, 0.717) is 6.04 Å². The Balaban J connectivity index is 1.37. The van der Waals surface area contributed by atoms with Crippen molar-refractivity contribution in [1.82, 2.24) is 9.97 Å². The van der Waals surface area contributed by atoms with Crippen molar-refractivity contribution in [1.29, 1.82) is 0 Å². The van der Waals surface area contributed by atoms with Gasteiger partial charge in [0.1, 0.15) is 5.82 Å². The van der Waals surface area contributed by atoms with Crippen LogP contribution in [-0.2, 0) is 17.7 Å². The molecule has 5 rings (SSSR count). The number of aromatic nitrogens is 2. The molecule has 0 amide bonds. The maximum absolute atomic E-state index is 5.53. The van der Waals surface area contributed by atoms with Crippen LogP contribution in [0.1, 0.15) is 18.2 Å². The molecule has 0 bridgehead atoms. The van der Waals surface area contributed by atoms with Gasteiger partial charge < -0.3 is 19.5 Å². The third kappa shape index (κ3) is 2.63. The van der Waals surface area contributed by atoms with Crippen LogP contribution in [0.15, 0.2) is 42.6 Å². The summed E-state index contributed by atoms with van der Waals surface area (Å²) < 4.78 is 5.53. The van der Waals surface area contributed by atoms with E-state index in [9.17, 15) is 0 Å². The van der Waals surface area contributed by atoms with E-state index in [2.05, 4.69) is 58.1 Å². The van der Waals surface area contributed by atoms with E-state index < -0.39 is 0 Å². The molecule has 0 saturated carbocycles. The van der Waals surface area contributed by atoms with Gasteiger partial charge in [0.2, 0.25) is 0 Å². The maximum atomic E-state index is 5.53. The summed E-state index contributed by atoms with van der Waals surface area (Å²) in [5.74, 6) is 1.05. The van der Waals surface area contributed by atoms with E-state index in [1.54, 1.807) is 0 Å². The molecule has 3 aromatic rings. The fraction of sp³-hybridized carbons (Fsp3) is 0.381. The van der Waals surface area contributed by atoms with Gasteiger partial charge in [0.25, 0.3) is 0 Å². The van der Waals surface area contributed by atoms with Crippen molar-refractivity contribution in [2.24, 2.45) is 0 Å². The van der Waals surface area contributed by atoms with Crippen LogP contribution in [-0.4, -0.2) is 42.3 Å². The Bertz CT molecular complexity index is 917. The molecule has 1 aromatic carbocycles. The second-order valence-electron chi connectivity index (χ2n) is 7.29. The number of rotatable bonds is 2. The molecule has 5 heteroatoms. The number of morpholine rings is 1. The minimum absolute atomic E-state index is 0.381. The first-order chi connectivity index (χ1) is 12.8. The maximum Gasteiger partial charge on any atom is 0.129 e. The predicted molar refractivity (Wildman–Crippen MR) is 105 cm³/mol. The molecule has 2 aliphatic rings. The van der Waals surface area contributed by atoms with E-state index >= 15 is 0 Å². The van der Waals surface area contributed by atoms with Crippen LogP contribution < -0.4 is 9.80 Å². The molecule has 1 fully saturated rings. The van der Waals surface area contributed by atoms with Crippen LogP contribution in [0.25, 0.3) is 10.9 Å². The Morgan fingerprint density at radius 3 is 2.92 bits per heavy atom. The molecule has 5 nitrogen and oxygen atoms in total. The predicted octanol–water partition coefficient (Wildman–Crippen LogP) is 3.35. The van der Waals surface area contributed by atoms with Gasteiger partial charge >= 0.3 is 0 Å². The minimum Gasteiger partial charge on any atom is -0.377 e. The van der Waals surface area contributed by atoms with E-state index in [-0.39, 0.29) is 0 Å². The first kappa shape index (κ1) is 15.7. The van der Waals surface area contributed by atoms with Crippen molar-refractivity contribution < 1.29 is 4.74 Å².